The van der Waals surface area contributed by atoms with Crippen LogP contribution in [0.3, 0.4) is 0 Å². The van der Waals surface area contributed by atoms with Crippen LogP contribution in [-0.4, -0.2) is 47.9 Å². The zero-order chi connectivity index (χ0) is 19.2. The zero-order valence-corrected chi connectivity index (χ0v) is 17.1. The van der Waals surface area contributed by atoms with E-state index in [1.54, 1.807) is 0 Å². The number of rotatable bonds is 6. The number of thioether (sulfide) groups is 1. The lowest BCUT2D eigenvalue weighted by atomic mass is 10.2. The molecule has 1 aromatic rings. The van der Waals surface area contributed by atoms with Crippen molar-refractivity contribution in [2.24, 2.45) is 4.99 Å². The van der Waals surface area contributed by atoms with Crippen molar-refractivity contribution < 1.29 is 14.3 Å². The minimum Gasteiger partial charge on any atom is -0.494 e. The van der Waals surface area contributed by atoms with E-state index in [4.69, 9.17) is 9.47 Å². The van der Waals surface area contributed by atoms with Crippen molar-refractivity contribution in [1.29, 1.82) is 0 Å². The van der Waals surface area contributed by atoms with E-state index in [-0.39, 0.29) is 18.1 Å². The van der Waals surface area contributed by atoms with Crippen molar-refractivity contribution in [2.75, 3.05) is 19.7 Å². The summed E-state index contributed by atoms with van der Waals surface area (Å²) in [5.41, 5.74) is 0.979. The first-order valence-electron chi connectivity index (χ1n) is 9.71. The highest BCUT2D eigenvalue weighted by Crippen LogP contribution is 2.31. The molecular weight excluding hydrogens is 360 g/mol. The predicted octanol–water partition coefficient (Wildman–Crippen LogP) is 4.34. The molecule has 6 heteroatoms. The minimum absolute atomic E-state index is 0.144. The number of hydrogen-bond acceptors (Lipinski definition) is 5. The molecule has 3 rings (SSSR count). The molecule has 0 aliphatic carbocycles. The summed E-state index contributed by atoms with van der Waals surface area (Å²) in [6, 6.07) is 7.87. The standard InChI is InChI=1S/C21H28N2O3S/c1-4-5-6-11-25-18-9-7-17(8-10-18)12-19-20(24)22-21(27-19)23-13-15(2)26-16(3)14-23/h7-10,12,15-16H,4-6,11,13-14H2,1-3H3/b19-12+/t15-,16-/m1/s1. The molecule has 0 unspecified atom stereocenters. The first kappa shape index (κ1) is 20.0. The fraction of sp³-hybridized carbons (Fsp3) is 0.524. The predicted molar refractivity (Wildman–Crippen MR) is 111 cm³/mol. The first-order valence-corrected chi connectivity index (χ1v) is 10.5. The first-order chi connectivity index (χ1) is 13.0. The number of amidine groups is 1. The Labute approximate surface area is 165 Å². The molecule has 0 radical (unpaired) electrons. The van der Waals surface area contributed by atoms with Crippen molar-refractivity contribution in [3.8, 4) is 5.75 Å². The maximum atomic E-state index is 12.3. The minimum atomic E-state index is -0.165. The second-order valence-corrected chi connectivity index (χ2v) is 8.11. The summed E-state index contributed by atoms with van der Waals surface area (Å²) in [6.45, 7) is 8.55. The van der Waals surface area contributed by atoms with Gasteiger partial charge in [0.25, 0.3) is 5.91 Å². The summed E-state index contributed by atoms with van der Waals surface area (Å²) in [5.74, 6) is 0.702. The van der Waals surface area contributed by atoms with Gasteiger partial charge in [0.15, 0.2) is 5.17 Å². The molecule has 0 spiro atoms. The van der Waals surface area contributed by atoms with Crippen LogP contribution in [0, 0.1) is 0 Å². The summed E-state index contributed by atoms with van der Waals surface area (Å²) in [6.07, 6.45) is 5.64. The Bertz CT molecular complexity index is 705. The average Bonchev–Trinajstić information content (AvgIpc) is 3.00. The molecule has 1 aromatic carbocycles. The van der Waals surface area contributed by atoms with Crippen LogP contribution in [0.2, 0.25) is 0 Å². The summed E-state index contributed by atoms with van der Waals surface area (Å²) in [5, 5.41) is 0.782. The molecule has 0 saturated carbocycles. The van der Waals surface area contributed by atoms with Crippen LogP contribution < -0.4 is 4.74 Å². The third-order valence-electron chi connectivity index (χ3n) is 4.49. The van der Waals surface area contributed by atoms with E-state index in [1.807, 2.05) is 44.2 Å². The summed E-state index contributed by atoms with van der Waals surface area (Å²) >= 11 is 1.45. The third-order valence-corrected chi connectivity index (χ3v) is 5.54. The van der Waals surface area contributed by atoms with Gasteiger partial charge >= 0.3 is 0 Å². The smallest absolute Gasteiger partial charge is 0.286 e. The van der Waals surface area contributed by atoms with Gasteiger partial charge in [-0.15, -0.1) is 0 Å². The van der Waals surface area contributed by atoms with Gasteiger partial charge in [0.1, 0.15) is 5.75 Å². The van der Waals surface area contributed by atoms with Crippen LogP contribution in [0.1, 0.15) is 45.6 Å². The Hall–Kier alpha value is -1.79. The van der Waals surface area contributed by atoms with Gasteiger partial charge in [-0.3, -0.25) is 4.79 Å². The van der Waals surface area contributed by atoms with E-state index in [9.17, 15) is 4.79 Å². The summed E-state index contributed by atoms with van der Waals surface area (Å²) < 4.78 is 11.5. The van der Waals surface area contributed by atoms with Crippen LogP contribution in [0.15, 0.2) is 34.2 Å². The molecule has 2 aliphatic rings. The second kappa shape index (κ2) is 9.42. The number of carbonyl (C=O) groups excluding carboxylic acids is 1. The molecule has 0 N–H and O–H groups in total. The van der Waals surface area contributed by atoms with Crippen molar-refractivity contribution in [3.63, 3.8) is 0 Å². The van der Waals surface area contributed by atoms with Gasteiger partial charge in [0.05, 0.1) is 23.7 Å². The number of carbonyl (C=O) groups is 1. The van der Waals surface area contributed by atoms with E-state index in [1.165, 1.54) is 24.6 Å². The summed E-state index contributed by atoms with van der Waals surface area (Å²) in [4.78, 5) is 19.4. The average molecular weight is 389 g/mol. The monoisotopic (exact) mass is 388 g/mol. The van der Waals surface area contributed by atoms with Crippen LogP contribution in [-0.2, 0) is 9.53 Å². The number of amides is 1. The van der Waals surface area contributed by atoms with Gasteiger partial charge in [-0.05, 0) is 55.8 Å². The highest BCUT2D eigenvalue weighted by Gasteiger charge is 2.30. The Morgan fingerprint density at radius 1 is 1.22 bits per heavy atom. The molecular formula is C21H28N2O3S. The molecule has 1 fully saturated rings. The number of benzene rings is 1. The van der Waals surface area contributed by atoms with E-state index in [0.29, 0.717) is 4.91 Å². The molecule has 27 heavy (non-hydrogen) atoms. The fourth-order valence-electron chi connectivity index (χ4n) is 3.22. The molecule has 0 bridgehead atoms. The van der Waals surface area contributed by atoms with Crippen molar-refractivity contribution in [3.05, 3.63) is 34.7 Å². The Kier molecular flexibility index (Phi) is 6.96. The van der Waals surface area contributed by atoms with Crippen LogP contribution >= 0.6 is 11.8 Å². The number of hydrogen-bond donors (Lipinski definition) is 0. The largest absolute Gasteiger partial charge is 0.494 e. The SMILES string of the molecule is CCCCCOc1ccc(/C=C2/SC(N3C[C@@H](C)O[C@H](C)C3)=NC2=O)cc1. The van der Waals surface area contributed by atoms with E-state index < -0.39 is 0 Å². The van der Waals surface area contributed by atoms with Gasteiger partial charge in [-0.2, -0.15) is 4.99 Å². The molecule has 1 saturated heterocycles. The Balaban J connectivity index is 1.59. The number of ether oxygens (including phenoxy) is 2. The lowest BCUT2D eigenvalue weighted by Gasteiger charge is -2.35. The third kappa shape index (κ3) is 5.59. The highest BCUT2D eigenvalue weighted by molar-refractivity contribution is 8.18. The molecule has 0 aromatic heterocycles. The lowest BCUT2D eigenvalue weighted by molar-refractivity contribution is -0.113. The molecule has 2 heterocycles. The van der Waals surface area contributed by atoms with E-state index in [0.717, 1.165) is 42.6 Å². The van der Waals surface area contributed by atoms with Crippen LogP contribution in [0.4, 0.5) is 0 Å². The second-order valence-electron chi connectivity index (χ2n) is 7.10. The molecule has 1 amide bonds. The summed E-state index contributed by atoms with van der Waals surface area (Å²) in [7, 11) is 0. The maximum Gasteiger partial charge on any atom is 0.286 e. The van der Waals surface area contributed by atoms with Crippen molar-refractivity contribution in [2.45, 2.75) is 52.2 Å². The maximum absolute atomic E-state index is 12.3. The van der Waals surface area contributed by atoms with Gasteiger partial charge in [0.2, 0.25) is 0 Å². The highest BCUT2D eigenvalue weighted by atomic mass is 32.2. The lowest BCUT2D eigenvalue weighted by Crippen LogP contribution is -2.47. The van der Waals surface area contributed by atoms with Crippen LogP contribution in [0.5, 0.6) is 5.75 Å². The van der Waals surface area contributed by atoms with Crippen molar-refractivity contribution in [1.82, 2.24) is 4.90 Å². The Morgan fingerprint density at radius 3 is 2.59 bits per heavy atom. The zero-order valence-electron chi connectivity index (χ0n) is 16.3. The van der Waals surface area contributed by atoms with Crippen molar-refractivity contribution >= 4 is 28.9 Å². The Morgan fingerprint density at radius 2 is 1.93 bits per heavy atom. The topological polar surface area (TPSA) is 51.1 Å². The van der Waals surface area contributed by atoms with Gasteiger partial charge in [-0.25, -0.2) is 0 Å². The van der Waals surface area contributed by atoms with Gasteiger partial charge in [-0.1, -0.05) is 31.9 Å². The quantitative estimate of drug-likeness (QED) is 0.536. The van der Waals surface area contributed by atoms with E-state index >= 15 is 0 Å². The van der Waals surface area contributed by atoms with E-state index in [2.05, 4.69) is 16.8 Å². The number of nitrogens with zero attached hydrogens (tertiary/aromatic N) is 2. The van der Waals surface area contributed by atoms with Gasteiger partial charge in [0, 0.05) is 13.1 Å². The molecule has 5 nitrogen and oxygen atoms in total. The number of unbranched alkanes of at least 4 members (excludes halogenated alkanes) is 2. The molecule has 2 aliphatic heterocycles. The van der Waals surface area contributed by atoms with Crippen LogP contribution in [0.25, 0.3) is 6.08 Å². The van der Waals surface area contributed by atoms with Gasteiger partial charge < -0.3 is 14.4 Å². The number of aliphatic imine (C=N–C) groups is 1. The normalized spacial score (nSPS) is 24.4. The fourth-order valence-corrected chi connectivity index (χ4v) is 4.15. The number of morpholine rings is 1. The molecule has 146 valence electrons. The molecule has 2 atom stereocenters.